The predicted octanol–water partition coefficient (Wildman–Crippen LogP) is 4.97. The Kier molecular flexibility index (Phi) is 6.98. The van der Waals surface area contributed by atoms with Crippen molar-refractivity contribution >= 4 is 55.7 Å². The molecule has 0 N–H and O–H groups in total. The molecule has 3 heterocycles. The number of hydrogen-bond acceptors (Lipinski definition) is 6. The SMILES string of the molecule is COc1ccccc1[C@H](Cn1nc(I)c(=O)c2c(C)c(Cl)sc21)OC1CCOCC1. The molecule has 4 rings (SSSR count). The minimum absolute atomic E-state index is 0.0818. The van der Waals surface area contributed by atoms with E-state index in [1.54, 1.807) is 7.11 Å². The number of ether oxygens (including phenoxy) is 3. The molecule has 1 aliphatic heterocycles. The molecule has 1 fully saturated rings. The molecule has 1 saturated heterocycles. The molecule has 0 bridgehead atoms. The fourth-order valence-corrected chi connectivity index (χ4v) is 5.53. The fraction of sp³-hybridized carbons (Fsp3) is 0.429. The average Bonchev–Trinajstić information content (AvgIpc) is 3.07. The van der Waals surface area contributed by atoms with E-state index in [1.165, 1.54) is 11.3 Å². The first-order valence-electron chi connectivity index (χ1n) is 9.71. The van der Waals surface area contributed by atoms with Crippen molar-refractivity contribution in [3.8, 4) is 5.75 Å². The summed E-state index contributed by atoms with van der Waals surface area (Å²) in [4.78, 5) is 13.4. The van der Waals surface area contributed by atoms with Gasteiger partial charge in [-0.15, -0.1) is 11.3 Å². The second-order valence-corrected chi connectivity index (χ2v) is 9.78. The van der Waals surface area contributed by atoms with Crippen LogP contribution in [0.4, 0.5) is 0 Å². The lowest BCUT2D eigenvalue weighted by atomic mass is 10.1. The van der Waals surface area contributed by atoms with Gasteiger partial charge in [0.25, 0.3) is 0 Å². The molecular weight excluding hydrogens is 539 g/mol. The maximum Gasteiger partial charge on any atom is 0.222 e. The van der Waals surface area contributed by atoms with Crippen molar-refractivity contribution in [2.75, 3.05) is 20.3 Å². The Hall–Kier alpha value is -1.20. The topological polar surface area (TPSA) is 62.6 Å². The van der Waals surface area contributed by atoms with E-state index in [9.17, 15) is 4.79 Å². The van der Waals surface area contributed by atoms with Gasteiger partial charge in [0.2, 0.25) is 5.43 Å². The lowest BCUT2D eigenvalue weighted by Gasteiger charge is -2.29. The Morgan fingerprint density at radius 2 is 2.10 bits per heavy atom. The van der Waals surface area contributed by atoms with Gasteiger partial charge in [-0.25, -0.2) is 0 Å². The van der Waals surface area contributed by atoms with Crippen LogP contribution in [0.15, 0.2) is 29.1 Å². The Labute approximate surface area is 197 Å². The molecule has 0 radical (unpaired) electrons. The maximum absolute atomic E-state index is 12.7. The number of aromatic nitrogens is 2. The molecule has 3 aromatic rings. The molecule has 30 heavy (non-hydrogen) atoms. The molecule has 0 aliphatic carbocycles. The number of methoxy groups -OCH3 is 1. The van der Waals surface area contributed by atoms with Gasteiger partial charge in [-0.05, 0) is 54.0 Å². The molecular formula is C21H22ClIN2O4S. The summed E-state index contributed by atoms with van der Waals surface area (Å²) >= 11 is 9.74. The number of benzene rings is 1. The molecule has 0 unspecified atom stereocenters. The Morgan fingerprint density at radius 3 is 2.83 bits per heavy atom. The van der Waals surface area contributed by atoms with E-state index in [-0.39, 0.29) is 17.6 Å². The standard InChI is InChI=1S/C21H22ClIN2O4S/c1-12-17-18(26)20(23)24-25(21(17)30-19(12)22)11-16(29-13-7-9-28-10-8-13)14-5-3-4-6-15(14)27-2/h3-6,13,16H,7-11H2,1-2H3/t16-/m0/s1. The van der Waals surface area contributed by atoms with Crippen LogP contribution in [-0.2, 0) is 16.0 Å². The highest BCUT2D eigenvalue weighted by atomic mass is 127. The second-order valence-electron chi connectivity index (χ2n) is 7.16. The van der Waals surface area contributed by atoms with Gasteiger partial charge < -0.3 is 14.2 Å². The van der Waals surface area contributed by atoms with Crippen LogP contribution >= 0.6 is 45.5 Å². The number of hydrogen-bond donors (Lipinski definition) is 0. The summed E-state index contributed by atoms with van der Waals surface area (Å²) in [6.07, 6.45) is 1.50. The van der Waals surface area contributed by atoms with Crippen LogP contribution in [0.25, 0.3) is 10.2 Å². The highest BCUT2D eigenvalue weighted by Gasteiger charge is 2.26. The van der Waals surface area contributed by atoms with E-state index in [2.05, 4.69) is 5.10 Å². The van der Waals surface area contributed by atoms with Crippen molar-refractivity contribution in [3.05, 3.63) is 53.7 Å². The van der Waals surface area contributed by atoms with Gasteiger partial charge in [0.05, 0.1) is 29.5 Å². The third kappa shape index (κ3) is 4.38. The lowest BCUT2D eigenvalue weighted by Crippen LogP contribution is -2.28. The first kappa shape index (κ1) is 22.0. The monoisotopic (exact) mass is 560 g/mol. The van der Waals surface area contributed by atoms with Crippen molar-refractivity contribution in [2.45, 2.75) is 38.5 Å². The first-order valence-corrected chi connectivity index (χ1v) is 12.0. The Balaban J connectivity index is 1.77. The smallest absolute Gasteiger partial charge is 0.222 e. The van der Waals surface area contributed by atoms with Gasteiger partial charge in [-0.3, -0.25) is 9.48 Å². The Morgan fingerprint density at radius 1 is 1.37 bits per heavy atom. The third-order valence-electron chi connectivity index (χ3n) is 5.28. The van der Waals surface area contributed by atoms with Gasteiger partial charge in [0, 0.05) is 18.8 Å². The van der Waals surface area contributed by atoms with Crippen LogP contribution in [-0.4, -0.2) is 36.2 Å². The van der Waals surface area contributed by atoms with E-state index in [0.717, 1.165) is 34.5 Å². The van der Waals surface area contributed by atoms with Gasteiger partial charge in [0.1, 0.15) is 16.7 Å². The highest BCUT2D eigenvalue weighted by Crippen LogP contribution is 2.35. The molecule has 0 saturated carbocycles. The summed E-state index contributed by atoms with van der Waals surface area (Å²) < 4.78 is 20.5. The summed E-state index contributed by atoms with van der Waals surface area (Å²) in [5.74, 6) is 0.766. The summed E-state index contributed by atoms with van der Waals surface area (Å²) in [5.41, 5.74) is 1.67. The van der Waals surface area contributed by atoms with Crippen molar-refractivity contribution in [1.82, 2.24) is 9.78 Å². The molecule has 0 spiro atoms. The fourth-order valence-electron chi connectivity index (χ4n) is 3.69. The molecule has 9 heteroatoms. The lowest BCUT2D eigenvalue weighted by molar-refractivity contribution is -0.0758. The molecule has 6 nitrogen and oxygen atoms in total. The minimum Gasteiger partial charge on any atom is -0.496 e. The second kappa shape index (κ2) is 9.52. The molecule has 2 aromatic heterocycles. The molecule has 1 atom stereocenters. The average molecular weight is 561 g/mol. The van der Waals surface area contributed by atoms with Gasteiger partial charge in [-0.2, -0.15) is 5.10 Å². The van der Waals surface area contributed by atoms with Gasteiger partial charge >= 0.3 is 0 Å². The predicted molar refractivity (Wildman–Crippen MR) is 127 cm³/mol. The number of halogens is 2. The quantitative estimate of drug-likeness (QED) is 0.399. The number of para-hydroxylation sites is 1. The van der Waals surface area contributed by atoms with Crippen molar-refractivity contribution < 1.29 is 14.2 Å². The highest BCUT2D eigenvalue weighted by molar-refractivity contribution is 14.1. The van der Waals surface area contributed by atoms with Crippen LogP contribution in [0, 0.1) is 10.6 Å². The van der Waals surface area contributed by atoms with E-state index in [4.69, 9.17) is 25.8 Å². The first-order chi connectivity index (χ1) is 14.5. The number of fused-ring (bicyclic) bond motifs is 1. The van der Waals surface area contributed by atoms with Crippen molar-refractivity contribution in [1.29, 1.82) is 0 Å². The van der Waals surface area contributed by atoms with E-state index < -0.39 is 0 Å². The third-order valence-corrected chi connectivity index (χ3v) is 7.59. The van der Waals surface area contributed by atoms with E-state index in [0.29, 0.717) is 33.2 Å². The van der Waals surface area contributed by atoms with Crippen molar-refractivity contribution in [2.24, 2.45) is 0 Å². The minimum atomic E-state index is -0.292. The van der Waals surface area contributed by atoms with E-state index >= 15 is 0 Å². The summed E-state index contributed by atoms with van der Waals surface area (Å²) in [5, 5.41) is 5.20. The van der Waals surface area contributed by atoms with E-state index in [1.807, 2.05) is 58.5 Å². The van der Waals surface area contributed by atoms with Gasteiger partial charge in [0.15, 0.2) is 3.70 Å². The molecule has 0 amide bonds. The number of nitrogens with zero attached hydrogens (tertiary/aromatic N) is 2. The van der Waals surface area contributed by atoms with Crippen LogP contribution in [0.5, 0.6) is 5.75 Å². The van der Waals surface area contributed by atoms with Crippen LogP contribution in [0.1, 0.15) is 30.1 Å². The molecule has 1 aromatic carbocycles. The maximum atomic E-state index is 12.7. The number of rotatable bonds is 6. The molecule has 160 valence electrons. The summed E-state index contributed by atoms with van der Waals surface area (Å²) in [7, 11) is 1.66. The van der Waals surface area contributed by atoms with Crippen LogP contribution < -0.4 is 10.2 Å². The van der Waals surface area contributed by atoms with Crippen LogP contribution in [0.3, 0.4) is 0 Å². The summed E-state index contributed by atoms with van der Waals surface area (Å²) in [6, 6.07) is 7.86. The summed E-state index contributed by atoms with van der Waals surface area (Å²) in [6.45, 7) is 3.71. The van der Waals surface area contributed by atoms with Crippen LogP contribution in [0.2, 0.25) is 4.34 Å². The zero-order valence-corrected chi connectivity index (χ0v) is 20.4. The Bertz CT molecular complexity index is 1110. The zero-order valence-electron chi connectivity index (χ0n) is 16.7. The zero-order chi connectivity index (χ0) is 21.3. The molecule has 1 aliphatic rings. The van der Waals surface area contributed by atoms with Crippen molar-refractivity contribution in [3.63, 3.8) is 0 Å². The van der Waals surface area contributed by atoms with Gasteiger partial charge in [-0.1, -0.05) is 29.8 Å². The number of aryl methyl sites for hydroxylation is 1. The number of thiophene rings is 1. The normalized spacial score (nSPS) is 16.1. The largest absolute Gasteiger partial charge is 0.496 e.